The Bertz CT molecular complexity index is 1530. The minimum Gasteiger partial charge on any atom is -0.352 e. The van der Waals surface area contributed by atoms with E-state index in [0.29, 0.717) is 26.2 Å². The molecule has 2 amide bonds. The van der Waals surface area contributed by atoms with Gasteiger partial charge in [-0.15, -0.1) is 0 Å². The predicted molar refractivity (Wildman–Crippen MR) is 174 cm³/mol. The number of benzene rings is 3. The van der Waals surface area contributed by atoms with Crippen molar-refractivity contribution in [2.75, 3.05) is 17.1 Å². The minimum absolute atomic E-state index is 0.00186. The molecular formula is C32H36Cl3N3O4S. The molecule has 0 heterocycles. The average molecular weight is 665 g/mol. The summed E-state index contributed by atoms with van der Waals surface area (Å²) in [5, 5.41) is 4.21. The number of rotatable bonds is 11. The zero-order chi connectivity index (χ0) is 31.1. The first-order valence-corrected chi connectivity index (χ1v) is 17.2. The van der Waals surface area contributed by atoms with Crippen molar-refractivity contribution in [2.24, 2.45) is 0 Å². The molecule has 0 radical (unpaired) electrons. The van der Waals surface area contributed by atoms with Gasteiger partial charge in [0.05, 0.1) is 11.9 Å². The Kier molecular flexibility index (Phi) is 11.4. The highest BCUT2D eigenvalue weighted by Gasteiger charge is 2.35. The van der Waals surface area contributed by atoms with Crippen LogP contribution < -0.4 is 9.62 Å². The SMILES string of the molecule is Cc1c(Cl)cccc1N(CC(=O)N(Cc1c(Cl)cccc1Cl)[C@@H](Cc1ccccc1)C(=O)NC1CCCCC1)S(C)(=O)=O. The number of halogens is 3. The normalized spacial score (nSPS) is 14.6. The Morgan fingerprint density at radius 2 is 1.49 bits per heavy atom. The maximum atomic E-state index is 14.3. The third-order valence-corrected chi connectivity index (χ3v) is 10.0. The second kappa shape index (κ2) is 14.8. The van der Waals surface area contributed by atoms with Crippen LogP contribution in [0.1, 0.15) is 48.8 Å². The van der Waals surface area contributed by atoms with Crippen molar-refractivity contribution in [2.45, 2.75) is 64.1 Å². The largest absolute Gasteiger partial charge is 0.352 e. The van der Waals surface area contributed by atoms with Crippen LogP contribution in [0.2, 0.25) is 15.1 Å². The van der Waals surface area contributed by atoms with Crippen molar-refractivity contribution in [3.8, 4) is 0 Å². The first-order valence-electron chi connectivity index (χ1n) is 14.2. The highest BCUT2D eigenvalue weighted by Crippen LogP contribution is 2.30. The van der Waals surface area contributed by atoms with Gasteiger partial charge in [-0.1, -0.05) is 96.5 Å². The molecule has 1 saturated carbocycles. The number of carbonyl (C=O) groups excluding carboxylic acids is 2. The van der Waals surface area contributed by atoms with Gasteiger partial charge in [-0.25, -0.2) is 8.42 Å². The molecule has 1 aliphatic carbocycles. The van der Waals surface area contributed by atoms with E-state index in [4.69, 9.17) is 34.8 Å². The number of hydrogen-bond donors (Lipinski definition) is 1. The monoisotopic (exact) mass is 663 g/mol. The standard InChI is InChI=1S/C32H36Cl3N3O4S/c1-22-26(33)15-10-18-29(22)38(43(2,41)42)21-31(39)37(20-25-27(34)16-9-17-28(25)35)30(19-23-11-5-3-6-12-23)32(40)36-24-13-7-4-8-14-24/h3,5-6,9-12,15-18,24,30H,4,7-8,13-14,19-21H2,1-2H3,(H,36,40)/t30-/m0/s1. The van der Waals surface area contributed by atoms with Gasteiger partial charge in [0, 0.05) is 39.6 Å². The molecule has 0 aliphatic heterocycles. The number of carbonyl (C=O) groups is 2. The predicted octanol–water partition coefficient (Wildman–Crippen LogP) is 6.81. The summed E-state index contributed by atoms with van der Waals surface area (Å²) in [6.07, 6.45) is 6.14. The molecule has 43 heavy (non-hydrogen) atoms. The maximum Gasteiger partial charge on any atom is 0.244 e. The van der Waals surface area contributed by atoms with Crippen LogP contribution >= 0.6 is 34.8 Å². The Balaban J connectivity index is 1.78. The number of nitrogens with one attached hydrogen (secondary N) is 1. The van der Waals surface area contributed by atoms with E-state index in [-0.39, 0.29) is 30.6 Å². The molecule has 0 unspecified atom stereocenters. The Morgan fingerprint density at radius 1 is 0.884 bits per heavy atom. The molecule has 7 nitrogen and oxygen atoms in total. The van der Waals surface area contributed by atoms with Gasteiger partial charge in [-0.05, 0) is 55.2 Å². The number of sulfonamides is 1. The molecule has 0 spiro atoms. The van der Waals surface area contributed by atoms with E-state index in [2.05, 4.69) is 5.32 Å². The quantitative estimate of drug-likeness (QED) is 0.244. The van der Waals surface area contributed by atoms with Crippen molar-refractivity contribution < 1.29 is 18.0 Å². The van der Waals surface area contributed by atoms with Crippen molar-refractivity contribution in [3.05, 3.63) is 98.5 Å². The zero-order valence-corrected chi connectivity index (χ0v) is 27.3. The fraction of sp³-hybridized carbons (Fsp3) is 0.375. The van der Waals surface area contributed by atoms with E-state index in [0.717, 1.165) is 48.2 Å². The van der Waals surface area contributed by atoms with Crippen LogP contribution in [0.25, 0.3) is 0 Å². The molecule has 230 valence electrons. The lowest BCUT2D eigenvalue weighted by Crippen LogP contribution is -2.55. The second-order valence-corrected chi connectivity index (χ2v) is 14.1. The summed E-state index contributed by atoms with van der Waals surface area (Å²) in [6, 6.07) is 18.4. The van der Waals surface area contributed by atoms with Crippen LogP contribution in [0.15, 0.2) is 66.7 Å². The van der Waals surface area contributed by atoms with Crippen LogP contribution in [-0.4, -0.2) is 50.0 Å². The molecule has 3 aromatic rings. The van der Waals surface area contributed by atoms with E-state index in [1.807, 2.05) is 30.3 Å². The van der Waals surface area contributed by atoms with Gasteiger partial charge in [0.25, 0.3) is 0 Å². The van der Waals surface area contributed by atoms with Gasteiger partial charge in [-0.3, -0.25) is 13.9 Å². The molecule has 1 aliphatic rings. The molecule has 0 saturated heterocycles. The molecule has 4 rings (SSSR count). The lowest BCUT2D eigenvalue weighted by atomic mass is 9.94. The van der Waals surface area contributed by atoms with Gasteiger partial charge in [-0.2, -0.15) is 0 Å². The Labute approximate surface area is 269 Å². The number of anilines is 1. The van der Waals surface area contributed by atoms with Crippen LogP contribution in [0.4, 0.5) is 5.69 Å². The summed E-state index contributed by atoms with van der Waals surface area (Å²) >= 11 is 19.4. The molecule has 1 N–H and O–H groups in total. The first-order chi connectivity index (χ1) is 20.5. The van der Waals surface area contributed by atoms with Crippen molar-refractivity contribution >= 4 is 62.3 Å². The molecular weight excluding hydrogens is 629 g/mol. The molecule has 1 atom stereocenters. The highest BCUT2D eigenvalue weighted by molar-refractivity contribution is 7.92. The smallest absolute Gasteiger partial charge is 0.244 e. The van der Waals surface area contributed by atoms with Gasteiger partial charge in [0.1, 0.15) is 12.6 Å². The van der Waals surface area contributed by atoms with E-state index in [9.17, 15) is 18.0 Å². The second-order valence-electron chi connectivity index (χ2n) is 10.9. The fourth-order valence-electron chi connectivity index (χ4n) is 5.41. The number of hydrogen-bond acceptors (Lipinski definition) is 4. The Hall–Kier alpha value is -2.78. The van der Waals surface area contributed by atoms with Crippen molar-refractivity contribution in [3.63, 3.8) is 0 Å². The first kappa shape index (κ1) is 33.1. The lowest BCUT2D eigenvalue weighted by Gasteiger charge is -2.35. The third kappa shape index (κ3) is 8.66. The molecule has 1 fully saturated rings. The van der Waals surface area contributed by atoms with E-state index < -0.39 is 28.5 Å². The highest BCUT2D eigenvalue weighted by atomic mass is 35.5. The maximum absolute atomic E-state index is 14.3. The molecule has 3 aromatic carbocycles. The van der Waals surface area contributed by atoms with Crippen LogP contribution in [0, 0.1) is 6.92 Å². The molecule has 0 aromatic heterocycles. The summed E-state index contributed by atoms with van der Waals surface area (Å²) in [5.74, 6) is -0.891. The van der Waals surface area contributed by atoms with E-state index >= 15 is 0 Å². The lowest BCUT2D eigenvalue weighted by molar-refractivity contribution is -0.140. The van der Waals surface area contributed by atoms with Crippen LogP contribution in [0.5, 0.6) is 0 Å². The van der Waals surface area contributed by atoms with E-state index in [1.54, 1.807) is 43.3 Å². The van der Waals surface area contributed by atoms with Gasteiger partial charge >= 0.3 is 0 Å². The van der Waals surface area contributed by atoms with Crippen LogP contribution in [0.3, 0.4) is 0 Å². The zero-order valence-electron chi connectivity index (χ0n) is 24.2. The van der Waals surface area contributed by atoms with Crippen molar-refractivity contribution in [1.29, 1.82) is 0 Å². The molecule has 0 bridgehead atoms. The summed E-state index contributed by atoms with van der Waals surface area (Å²) in [6.45, 7) is 1.04. The van der Waals surface area contributed by atoms with Gasteiger partial charge < -0.3 is 10.2 Å². The minimum atomic E-state index is -3.93. The molecule has 11 heteroatoms. The van der Waals surface area contributed by atoms with Crippen molar-refractivity contribution in [1.82, 2.24) is 10.2 Å². The summed E-state index contributed by atoms with van der Waals surface area (Å²) in [4.78, 5) is 29.8. The summed E-state index contributed by atoms with van der Waals surface area (Å²) < 4.78 is 27.2. The third-order valence-electron chi connectivity index (χ3n) is 7.80. The number of amides is 2. The van der Waals surface area contributed by atoms with Gasteiger partial charge in [0.2, 0.25) is 21.8 Å². The number of nitrogens with zero attached hydrogens (tertiary/aromatic N) is 2. The topological polar surface area (TPSA) is 86.8 Å². The fourth-order valence-corrected chi connectivity index (χ4v) is 7.00. The summed E-state index contributed by atoms with van der Waals surface area (Å²) in [5.41, 5.74) is 2.11. The Morgan fingerprint density at radius 3 is 2.12 bits per heavy atom. The van der Waals surface area contributed by atoms with Crippen LogP contribution in [-0.2, 0) is 32.6 Å². The average Bonchev–Trinajstić information content (AvgIpc) is 2.97. The summed E-state index contributed by atoms with van der Waals surface area (Å²) in [7, 11) is -3.93. The van der Waals surface area contributed by atoms with E-state index in [1.165, 1.54) is 4.90 Å². The van der Waals surface area contributed by atoms with Gasteiger partial charge in [0.15, 0.2) is 0 Å².